The normalized spacial score (nSPS) is 13.6. The van der Waals surface area contributed by atoms with E-state index >= 15 is 0 Å². The number of aryl methyl sites for hydroxylation is 2. The van der Waals surface area contributed by atoms with Crippen LogP contribution < -0.4 is 0 Å². The number of thiophene rings is 1. The first-order valence-electron chi connectivity index (χ1n) is 7.48. The number of fused-ring (bicyclic) bond motifs is 3. The second-order valence-electron chi connectivity index (χ2n) is 5.52. The van der Waals surface area contributed by atoms with E-state index in [9.17, 15) is 0 Å². The van der Waals surface area contributed by atoms with Crippen LogP contribution >= 0.6 is 11.3 Å². The van der Waals surface area contributed by atoms with E-state index < -0.39 is 0 Å². The molecule has 0 fully saturated rings. The molecule has 0 N–H and O–H groups in total. The molecule has 0 amide bonds. The SMILES string of the molecule is c1cncc(-c2nc(-n3cnnc3)c3c4c(sc3n2)CCC4)c1. The van der Waals surface area contributed by atoms with Gasteiger partial charge in [-0.2, -0.15) is 0 Å². The van der Waals surface area contributed by atoms with Crippen molar-refractivity contribution in [3.8, 4) is 17.2 Å². The van der Waals surface area contributed by atoms with Crippen LogP contribution in [0, 0.1) is 0 Å². The van der Waals surface area contributed by atoms with E-state index in [0.717, 1.165) is 34.4 Å². The fraction of sp³-hybridized carbons (Fsp3) is 0.188. The Balaban J connectivity index is 1.84. The van der Waals surface area contributed by atoms with Gasteiger partial charge in [0.1, 0.15) is 17.5 Å². The molecule has 4 heterocycles. The molecule has 0 saturated heterocycles. The zero-order valence-corrected chi connectivity index (χ0v) is 13.0. The van der Waals surface area contributed by atoms with Crippen molar-refractivity contribution >= 4 is 21.6 Å². The summed E-state index contributed by atoms with van der Waals surface area (Å²) in [5.74, 6) is 1.55. The van der Waals surface area contributed by atoms with Gasteiger partial charge in [-0.15, -0.1) is 21.5 Å². The standard InChI is InChI=1S/C16H12N6S/c1-4-11-12(5-1)23-16-13(11)15(22-8-18-19-9-22)20-14(21-16)10-3-2-6-17-7-10/h2-3,6-9H,1,4-5H2. The Kier molecular flexibility index (Phi) is 2.75. The highest BCUT2D eigenvalue weighted by molar-refractivity contribution is 7.19. The van der Waals surface area contributed by atoms with Crippen LogP contribution in [-0.4, -0.2) is 29.7 Å². The summed E-state index contributed by atoms with van der Waals surface area (Å²) in [4.78, 5) is 16.2. The molecule has 0 atom stereocenters. The Morgan fingerprint density at radius 3 is 2.83 bits per heavy atom. The average Bonchev–Trinajstić information content (AvgIpc) is 3.31. The Morgan fingerprint density at radius 2 is 2.00 bits per heavy atom. The predicted molar refractivity (Wildman–Crippen MR) is 87.6 cm³/mol. The van der Waals surface area contributed by atoms with Crippen LogP contribution in [0.15, 0.2) is 37.2 Å². The largest absolute Gasteiger partial charge is 0.271 e. The van der Waals surface area contributed by atoms with Crippen molar-refractivity contribution < 1.29 is 0 Å². The first-order chi connectivity index (χ1) is 11.4. The van der Waals surface area contributed by atoms with E-state index in [1.807, 2.05) is 16.7 Å². The smallest absolute Gasteiger partial charge is 0.164 e. The van der Waals surface area contributed by atoms with E-state index in [4.69, 9.17) is 9.97 Å². The van der Waals surface area contributed by atoms with Gasteiger partial charge in [0.15, 0.2) is 11.6 Å². The molecule has 0 spiro atoms. The minimum Gasteiger partial charge on any atom is -0.271 e. The molecule has 23 heavy (non-hydrogen) atoms. The lowest BCUT2D eigenvalue weighted by molar-refractivity contribution is 0.915. The molecule has 4 aromatic heterocycles. The maximum Gasteiger partial charge on any atom is 0.164 e. The minimum absolute atomic E-state index is 0.689. The summed E-state index contributed by atoms with van der Waals surface area (Å²) in [6.45, 7) is 0. The van der Waals surface area contributed by atoms with Gasteiger partial charge in [-0.1, -0.05) is 0 Å². The lowest BCUT2D eigenvalue weighted by Crippen LogP contribution is -2.01. The van der Waals surface area contributed by atoms with E-state index in [-0.39, 0.29) is 0 Å². The van der Waals surface area contributed by atoms with E-state index in [0.29, 0.717) is 5.82 Å². The first kappa shape index (κ1) is 12.8. The number of pyridine rings is 1. The van der Waals surface area contributed by atoms with Crippen molar-refractivity contribution in [2.24, 2.45) is 0 Å². The van der Waals surface area contributed by atoms with Crippen LogP contribution in [-0.2, 0) is 12.8 Å². The van der Waals surface area contributed by atoms with Gasteiger partial charge < -0.3 is 0 Å². The zero-order valence-electron chi connectivity index (χ0n) is 12.2. The summed E-state index contributed by atoms with van der Waals surface area (Å²) < 4.78 is 1.87. The highest BCUT2D eigenvalue weighted by Crippen LogP contribution is 2.39. The summed E-state index contributed by atoms with van der Waals surface area (Å²) in [6, 6.07) is 3.88. The van der Waals surface area contributed by atoms with Crippen LogP contribution in [0.2, 0.25) is 0 Å². The summed E-state index contributed by atoms with van der Waals surface area (Å²) >= 11 is 1.78. The zero-order chi connectivity index (χ0) is 15.2. The summed E-state index contributed by atoms with van der Waals surface area (Å²) in [6.07, 6.45) is 10.4. The van der Waals surface area contributed by atoms with Crippen molar-refractivity contribution in [2.45, 2.75) is 19.3 Å². The molecule has 112 valence electrons. The molecule has 0 saturated carbocycles. The summed E-state index contributed by atoms with van der Waals surface area (Å²) in [5.41, 5.74) is 2.31. The molecule has 4 aromatic rings. The lowest BCUT2D eigenvalue weighted by Gasteiger charge is -2.07. The van der Waals surface area contributed by atoms with Crippen LogP contribution in [0.1, 0.15) is 16.9 Å². The number of hydrogen-bond donors (Lipinski definition) is 0. The molecule has 6 nitrogen and oxygen atoms in total. The van der Waals surface area contributed by atoms with Gasteiger partial charge in [0.25, 0.3) is 0 Å². The molecule has 0 aliphatic heterocycles. The predicted octanol–water partition coefficient (Wildman–Crippen LogP) is 2.82. The van der Waals surface area contributed by atoms with Crippen LogP contribution in [0.25, 0.3) is 27.4 Å². The summed E-state index contributed by atoms with van der Waals surface area (Å²) in [5, 5.41) is 9.01. The molecule has 7 heteroatoms. The highest BCUT2D eigenvalue weighted by atomic mass is 32.1. The molecule has 0 unspecified atom stereocenters. The third-order valence-corrected chi connectivity index (χ3v) is 5.31. The van der Waals surface area contributed by atoms with Crippen LogP contribution in [0.5, 0.6) is 0 Å². The average molecular weight is 320 g/mol. The van der Waals surface area contributed by atoms with Crippen molar-refractivity contribution in [3.63, 3.8) is 0 Å². The highest BCUT2D eigenvalue weighted by Gasteiger charge is 2.23. The molecular weight excluding hydrogens is 308 g/mol. The minimum atomic E-state index is 0.689. The van der Waals surface area contributed by atoms with Crippen LogP contribution in [0.3, 0.4) is 0 Å². The van der Waals surface area contributed by atoms with Gasteiger partial charge in [-0.3, -0.25) is 9.55 Å². The number of rotatable bonds is 2. The van der Waals surface area contributed by atoms with Gasteiger partial charge in [0, 0.05) is 22.8 Å². The topological polar surface area (TPSA) is 69.4 Å². The molecule has 0 aromatic carbocycles. The fourth-order valence-electron chi connectivity index (χ4n) is 3.10. The van der Waals surface area contributed by atoms with E-state index in [1.54, 1.807) is 36.4 Å². The van der Waals surface area contributed by atoms with Gasteiger partial charge in [-0.05, 0) is 37.0 Å². The summed E-state index contributed by atoms with van der Waals surface area (Å²) in [7, 11) is 0. The first-order valence-corrected chi connectivity index (χ1v) is 8.29. The lowest BCUT2D eigenvalue weighted by atomic mass is 10.2. The third-order valence-electron chi connectivity index (χ3n) is 4.13. The molecule has 5 rings (SSSR count). The monoisotopic (exact) mass is 320 g/mol. The van der Waals surface area contributed by atoms with Crippen molar-refractivity contribution in [1.29, 1.82) is 0 Å². The second kappa shape index (κ2) is 4.92. The van der Waals surface area contributed by atoms with E-state index in [1.165, 1.54) is 16.9 Å². The Labute approximate surface area is 135 Å². The van der Waals surface area contributed by atoms with Crippen molar-refractivity contribution in [3.05, 3.63) is 47.6 Å². The Hall–Kier alpha value is -2.67. The van der Waals surface area contributed by atoms with Gasteiger partial charge in [0.2, 0.25) is 0 Å². The second-order valence-corrected chi connectivity index (χ2v) is 6.60. The van der Waals surface area contributed by atoms with Gasteiger partial charge in [0.05, 0.1) is 5.39 Å². The Morgan fingerprint density at radius 1 is 1.09 bits per heavy atom. The molecule has 0 radical (unpaired) electrons. The quantitative estimate of drug-likeness (QED) is 0.568. The maximum atomic E-state index is 4.80. The van der Waals surface area contributed by atoms with Crippen LogP contribution in [0.4, 0.5) is 0 Å². The van der Waals surface area contributed by atoms with Crippen molar-refractivity contribution in [2.75, 3.05) is 0 Å². The van der Waals surface area contributed by atoms with E-state index in [2.05, 4.69) is 15.2 Å². The number of hydrogen-bond acceptors (Lipinski definition) is 6. The number of nitrogens with zero attached hydrogens (tertiary/aromatic N) is 6. The Bertz CT molecular complexity index is 991. The number of aromatic nitrogens is 6. The van der Waals surface area contributed by atoms with Gasteiger partial charge >= 0.3 is 0 Å². The third kappa shape index (κ3) is 1.97. The molecule has 1 aliphatic rings. The fourth-order valence-corrected chi connectivity index (χ4v) is 4.35. The molecule has 1 aliphatic carbocycles. The molecular formula is C16H12N6S. The van der Waals surface area contributed by atoms with Gasteiger partial charge in [-0.25, -0.2) is 9.97 Å². The van der Waals surface area contributed by atoms with Crippen molar-refractivity contribution in [1.82, 2.24) is 29.7 Å². The molecule has 0 bridgehead atoms. The maximum absolute atomic E-state index is 4.80.